The summed E-state index contributed by atoms with van der Waals surface area (Å²) in [6, 6.07) is 0. The molecule has 0 radical (unpaired) electrons. The summed E-state index contributed by atoms with van der Waals surface area (Å²) in [5.41, 5.74) is 5.56. The standard InChI is InChI=1S/C9H14N4O2S/c1-2-7-11-8(13-9(10)12-7)6-3-4-16(14,15)5-6/h6H,2-5H2,1H3,(H2,10,11,12,13). The number of hydrogen-bond acceptors (Lipinski definition) is 6. The molecule has 6 nitrogen and oxygen atoms in total. The van der Waals surface area contributed by atoms with Crippen molar-refractivity contribution >= 4 is 15.8 Å². The molecular weight excluding hydrogens is 228 g/mol. The van der Waals surface area contributed by atoms with Gasteiger partial charge in [0.15, 0.2) is 9.84 Å². The largest absolute Gasteiger partial charge is 0.368 e. The minimum atomic E-state index is -2.92. The molecule has 88 valence electrons. The molecule has 1 fully saturated rings. The van der Waals surface area contributed by atoms with Crippen LogP contribution in [0.4, 0.5) is 5.95 Å². The monoisotopic (exact) mass is 242 g/mol. The molecule has 0 spiro atoms. The van der Waals surface area contributed by atoms with Gasteiger partial charge in [0.2, 0.25) is 5.95 Å². The van der Waals surface area contributed by atoms with E-state index in [1.165, 1.54) is 0 Å². The van der Waals surface area contributed by atoms with Crippen molar-refractivity contribution in [3.63, 3.8) is 0 Å². The molecule has 1 aromatic heterocycles. The van der Waals surface area contributed by atoms with Crippen molar-refractivity contribution in [2.75, 3.05) is 17.2 Å². The van der Waals surface area contributed by atoms with Crippen LogP contribution in [0.5, 0.6) is 0 Å². The Bertz CT molecular complexity index is 500. The van der Waals surface area contributed by atoms with E-state index in [9.17, 15) is 8.42 Å². The molecule has 0 aromatic carbocycles. The second-order valence-electron chi connectivity index (χ2n) is 3.92. The fourth-order valence-electron chi connectivity index (χ4n) is 1.80. The van der Waals surface area contributed by atoms with Crippen molar-refractivity contribution in [1.82, 2.24) is 15.0 Å². The fraction of sp³-hybridized carbons (Fsp3) is 0.667. The number of nitrogens with two attached hydrogens (primary N) is 1. The number of aryl methyl sites for hydroxylation is 1. The fourth-order valence-corrected chi connectivity index (χ4v) is 3.54. The topological polar surface area (TPSA) is 98.8 Å². The Kier molecular flexibility index (Phi) is 2.79. The third-order valence-electron chi connectivity index (χ3n) is 2.63. The highest BCUT2D eigenvalue weighted by Crippen LogP contribution is 2.26. The van der Waals surface area contributed by atoms with E-state index in [4.69, 9.17) is 5.73 Å². The average molecular weight is 242 g/mol. The van der Waals surface area contributed by atoms with Crippen LogP contribution in [-0.2, 0) is 16.3 Å². The Labute approximate surface area is 94.2 Å². The Morgan fingerprint density at radius 2 is 2.12 bits per heavy atom. The first-order chi connectivity index (χ1) is 7.50. The lowest BCUT2D eigenvalue weighted by Crippen LogP contribution is -2.12. The van der Waals surface area contributed by atoms with Crippen molar-refractivity contribution in [3.8, 4) is 0 Å². The average Bonchev–Trinajstić information content (AvgIpc) is 2.58. The van der Waals surface area contributed by atoms with Gasteiger partial charge in [-0.1, -0.05) is 6.92 Å². The molecule has 7 heteroatoms. The Balaban J connectivity index is 2.31. The van der Waals surface area contributed by atoms with Gasteiger partial charge < -0.3 is 5.73 Å². The first-order valence-electron chi connectivity index (χ1n) is 5.21. The maximum Gasteiger partial charge on any atom is 0.223 e. The smallest absolute Gasteiger partial charge is 0.223 e. The van der Waals surface area contributed by atoms with Crippen LogP contribution in [0.2, 0.25) is 0 Å². The van der Waals surface area contributed by atoms with Gasteiger partial charge in [0, 0.05) is 12.3 Å². The molecule has 2 rings (SSSR count). The first-order valence-corrected chi connectivity index (χ1v) is 7.03. The molecule has 0 aliphatic carbocycles. The molecular formula is C9H14N4O2S. The number of nitrogens with zero attached hydrogens (tertiary/aromatic N) is 3. The van der Waals surface area contributed by atoms with Gasteiger partial charge in [0.25, 0.3) is 0 Å². The summed E-state index contributed by atoms with van der Waals surface area (Å²) < 4.78 is 22.7. The van der Waals surface area contributed by atoms with Crippen molar-refractivity contribution in [1.29, 1.82) is 0 Å². The number of anilines is 1. The van der Waals surface area contributed by atoms with Crippen molar-refractivity contribution in [2.45, 2.75) is 25.7 Å². The minimum absolute atomic E-state index is 0.124. The molecule has 16 heavy (non-hydrogen) atoms. The van der Waals surface area contributed by atoms with Crippen LogP contribution in [-0.4, -0.2) is 34.9 Å². The molecule has 2 heterocycles. The van der Waals surface area contributed by atoms with Gasteiger partial charge in [-0.15, -0.1) is 0 Å². The molecule has 1 unspecified atom stereocenters. The number of hydrogen-bond donors (Lipinski definition) is 1. The zero-order valence-corrected chi connectivity index (χ0v) is 9.87. The van der Waals surface area contributed by atoms with Crippen LogP contribution in [0.3, 0.4) is 0 Å². The lowest BCUT2D eigenvalue weighted by Gasteiger charge is -2.07. The highest BCUT2D eigenvalue weighted by Gasteiger charge is 2.31. The lowest BCUT2D eigenvalue weighted by molar-refractivity contribution is 0.600. The molecule has 1 saturated heterocycles. The normalized spacial score (nSPS) is 23.4. The van der Waals surface area contributed by atoms with Crippen LogP contribution >= 0.6 is 0 Å². The molecule has 1 atom stereocenters. The van der Waals surface area contributed by atoms with E-state index in [1.54, 1.807) is 0 Å². The van der Waals surface area contributed by atoms with Crippen LogP contribution in [0, 0.1) is 0 Å². The van der Waals surface area contributed by atoms with Crippen molar-refractivity contribution in [2.24, 2.45) is 0 Å². The number of aromatic nitrogens is 3. The zero-order valence-electron chi connectivity index (χ0n) is 9.05. The molecule has 0 saturated carbocycles. The predicted molar refractivity (Wildman–Crippen MR) is 59.6 cm³/mol. The zero-order chi connectivity index (χ0) is 11.8. The third-order valence-corrected chi connectivity index (χ3v) is 4.40. The van der Waals surface area contributed by atoms with E-state index < -0.39 is 9.84 Å². The van der Waals surface area contributed by atoms with Gasteiger partial charge in [-0.05, 0) is 6.42 Å². The second-order valence-corrected chi connectivity index (χ2v) is 6.15. The Morgan fingerprint density at radius 3 is 2.69 bits per heavy atom. The highest BCUT2D eigenvalue weighted by atomic mass is 32.2. The maximum atomic E-state index is 11.4. The summed E-state index contributed by atoms with van der Waals surface area (Å²) in [5.74, 6) is 1.52. The van der Waals surface area contributed by atoms with E-state index in [0.29, 0.717) is 24.5 Å². The van der Waals surface area contributed by atoms with E-state index in [-0.39, 0.29) is 23.4 Å². The van der Waals surface area contributed by atoms with E-state index in [0.717, 1.165) is 0 Å². The summed E-state index contributed by atoms with van der Waals surface area (Å²) in [4.78, 5) is 12.2. The van der Waals surface area contributed by atoms with Gasteiger partial charge in [0.05, 0.1) is 11.5 Å². The van der Waals surface area contributed by atoms with E-state index in [1.807, 2.05) is 6.92 Å². The molecule has 0 bridgehead atoms. The summed E-state index contributed by atoms with van der Waals surface area (Å²) in [7, 11) is -2.92. The maximum absolute atomic E-state index is 11.4. The third kappa shape index (κ3) is 2.29. The predicted octanol–water partition coefficient (Wildman–Crippen LogP) is -0.0817. The van der Waals surface area contributed by atoms with Crippen molar-refractivity contribution in [3.05, 3.63) is 11.6 Å². The Morgan fingerprint density at radius 1 is 1.38 bits per heavy atom. The molecule has 1 aliphatic rings. The highest BCUT2D eigenvalue weighted by molar-refractivity contribution is 7.91. The quantitative estimate of drug-likeness (QED) is 0.778. The van der Waals surface area contributed by atoms with Gasteiger partial charge in [-0.25, -0.2) is 13.4 Å². The molecule has 1 aromatic rings. The summed E-state index contributed by atoms with van der Waals surface area (Å²) in [6.07, 6.45) is 1.24. The molecule has 0 amide bonds. The van der Waals surface area contributed by atoms with Gasteiger partial charge in [-0.2, -0.15) is 9.97 Å². The van der Waals surface area contributed by atoms with Gasteiger partial charge in [-0.3, -0.25) is 0 Å². The summed E-state index contributed by atoms with van der Waals surface area (Å²) >= 11 is 0. The molecule has 1 aliphatic heterocycles. The van der Waals surface area contributed by atoms with Gasteiger partial charge >= 0.3 is 0 Å². The molecule has 2 N–H and O–H groups in total. The first kappa shape index (κ1) is 11.3. The lowest BCUT2D eigenvalue weighted by atomic mass is 10.1. The number of sulfone groups is 1. The van der Waals surface area contributed by atoms with Crippen LogP contribution in [0.25, 0.3) is 0 Å². The van der Waals surface area contributed by atoms with Crippen molar-refractivity contribution < 1.29 is 8.42 Å². The summed E-state index contributed by atoms with van der Waals surface area (Å²) in [5, 5.41) is 0. The van der Waals surface area contributed by atoms with Crippen LogP contribution in [0.1, 0.15) is 30.9 Å². The Hall–Kier alpha value is -1.24. The van der Waals surface area contributed by atoms with Gasteiger partial charge in [0.1, 0.15) is 11.6 Å². The number of nitrogen functional groups attached to an aromatic ring is 1. The minimum Gasteiger partial charge on any atom is -0.368 e. The number of rotatable bonds is 2. The summed E-state index contributed by atoms with van der Waals surface area (Å²) in [6.45, 7) is 1.92. The van der Waals surface area contributed by atoms with Crippen LogP contribution < -0.4 is 5.73 Å². The van der Waals surface area contributed by atoms with Crippen LogP contribution in [0.15, 0.2) is 0 Å². The van der Waals surface area contributed by atoms with E-state index >= 15 is 0 Å². The second kappa shape index (κ2) is 3.97. The SMILES string of the molecule is CCc1nc(N)nc(C2CCS(=O)(=O)C2)n1. The van der Waals surface area contributed by atoms with E-state index in [2.05, 4.69) is 15.0 Å².